The minimum absolute atomic E-state index is 0. The normalized spacial score (nSPS) is 21.9. The summed E-state index contributed by atoms with van der Waals surface area (Å²) in [7, 11) is 0. The van der Waals surface area contributed by atoms with Gasteiger partial charge < -0.3 is 15.0 Å². The van der Waals surface area contributed by atoms with Gasteiger partial charge in [0, 0.05) is 45.3 Å². The molecule has 2 aliphatic heterocycles. The lowest BCUT2D eigenvalue weighted by molar-refractivity contribution is -0.132. The molecule has 146 valence electrons. The first-order valence-electron chi connectivity index (χ1n) is 9.63. The first kappa shape index (κ1) is 21.0. The van der Waals surface area contributed by atoms with Crippen LogP contribution in [-0.2, 0) is 4.79 Å². The molecule has 5 nitrogen and oxygen atoms in total. The number of nitrogens with one attached hydrogen (secondary N) is 1. The van der Waals surface area contributed by atoms with E-state index in [1.807, 2.05) is 23.1 Å². The highest BCUT2D eigenvalue weighted by molar-refractivity contribution is 5.85. The zero-order valence-corrected chi connectivity index (χ0v) is 16.8. The molecule has 0 saturated carbocycles. The van der Waals surface area contributed by atoms with Crippen LogP contribution in [0.2, 0.25) is 0 Å². The van der Waals surface area contributed by atoms with Gasteiger partial charge in [0.1, 0.15) is 5.75 Å². The van der Waals surface area contributed by atoms with E-state index in [1.165, 1.54) is 5.56 Å². The Bertz CT molecular complexity index is 578. The molecular weight excluding hydrogens is 350 g/mol. The van der Waals surface area contributed by atoms with Gasteiger partial charge in [0.05, 0.1) is 0 Å². The number of hydrogen-bond donors (Lipinski definition) is 1. The Morgan fingerprint density at radius 3 is 2.73 bits per heavy atom. The van der Waals surface area contributed by atoms with E-state index >= 15 is 0 Å². The average Bonchev–Trinajstić information content (AvgIpc) is 3.17. The number of rotatable bonds is 6. The summed E-state index contributed by atoms with van der Waals surface area (Å²) in [6.45, 7) is 10.5. The molecule has 2 atom stereocenters. The molecule has 6 heteroatoms. The quantitative estimate of drug-likeness (QED) is 0.822. The number of carbonyl (C=O) groups is 1. The molecule has 0 bridgehead atoms. The van der Waals surface area contributed by atoms with Crippen LogP contribution in [0.25, 0.3) is 0 Å². The van der Waals surface area contributed by atoms with Crippen molar-refractivity contribution >= 4 is 18.3 Å². The highest BCUT2D eigenvalue weighted by Crippen LogP contribution is 2.28. The third-order valence-electron chi connectivity index (χ3n) is 5.60. The molecule has 2 unspecified atom stereocenters. The Balaban J connectivity index is 0.00000243. The van der Waals surface area contributed by atoms with E-state index in [9.17, 15) is 4.79 Å². The van der Waals surface area contributed by atoms with Crippen molar-refractivity contribution in [3.8, 4) is 5.75 Å². The van der Waals surface area contributed by atoms with Crippen LogP contribution in [0.4, 0.5) is 0 Å². The van der Waals surface area contributed by atoms with Crippen LogP contribution >= 0.6 is 12.4 Å². The molecule has 3 rings (SSSR count). The predicted molar refractivity (Wildman–Crippen MR) is 107 cm³/mol. The van der Waals surface area contributed by atoms with E-state index in [1.54, 1.807) is 0 Å². The zero-order chi connectivity index (χ0) is 17.6. The summed E-state index contributed by atoms with van der Waals surface area (Å²) in [5.74, 6) is 1.40. The summed E-state index contributed by atoms with van der Waals surface area (Å²) in [4.78, 5) is 17.1. The lowest BCUT2D eigenvalue weighted by Crippen LogP contribution is -2.49. The van der Waals surface area contributed by atoms with E-state index in [0.717, 1.165) is 57.9 Å². The summed E-state index contributed by atoms with van der Waals surface area (Å²) in [6.07, 6.45) is 2.14. The van der Waals surface area contributed by atoms with Gasteiger partial charge in [0.25, 0.3) is 5.91 Å². The molecule has 1 amide bonds. The molecule has 2 fully saturated rings. The van der Waals surface area contributed by atoms with Crippen LogP contribution in [0.15, 0.2) is 24.3 Å². The average molecular weight is 382 g/mol. The Hall–Kier alpha value is -1.30. The molecule has 2 saturated heterocycles. The van der Waals surface area contributed by atoms with Gasteiger partial charge in [-0.2, -0.15) is 0 Å². The second-order valence-corrected chi connectivity index (χ2v) is 7.20. The number of likely N-dealkylation sites (tertiary alicyclic amines) is 1. The summed E-state index contributed by atoms with van der Waals surface area (Å²) in [6, 6.07) is 8.60. The fourth-order valence-corrected chi connectivity index (χ4v) is 3.78. The monoisotopic (exact) mass is 381 g/mol. The zero-order valence-electron chi connectivity index (χ0n) is 15.9. The Morgan fingerprint density at radius 2 is 2.00 bits per heavy atom. The molecule has 0 radical (unpaired) electrons. The summed E-state index contributed by atoms with van der Waals surface area (Å²) in [5, 5.41) is 3.39. The number of hydrogen-bond acceptors (Lipinski definition) is 4. The van der Waals surface area contributed by atoms with Crippen molar-refractivity contribution in [2.45, 2.75) is 38.6 Å². The summed E-state index contributed by atoms with van der Waals surface area (Å²) in [5.41, 5.74) is 1.19. The molecule has 1 aromatic carbocycles. The van der Waals surface area contributed by atoms with Crippen molar-refractivity contribution in [3.05, 3.63) is 29.8 Å². The summed E-state index contributed by atoms with van der Waals surface area (Å²) < 4.78 is 5.90. The lowest BCUT2D eigenvalue weighted by Gasteiger charge is -2.32. The summed E-state index contributed by atoms with van der Waals surface area (Å²) >= 11 is 0. The van der Waals surface area contributed by atoms with Crippen LogP contribution in [0, 0.1) is 0 Å². The van der Waals surface area contributed by atoms with Crippen LogP contribution < -0.4 is 10.1 Å². The van der Waals surface area contributed by atoms with Crippen molar-refractivity contribution in [1.82, 2.24) is 15.1 Å². The van der Waals surface area contributed by atoms with Crippen molar-refractivity contribution < 1.29 is 9.53 Å². The molecule has 2 aliphatic rings. The topological polar surface area (TPSA) is 44.8 Å². The Labute approximate surface area is 163 Å². The highest BCUT2D eigenvalue weighted by Gasteiger charge is 2.31. The number of halogens is 1. The minimum atomic E-state index is 0. The standard InChI is InChI=1S/C20H31N3O2.ClH/c1-3-16(2)18-6-4-5-7-19(18)25-15-20(24)23-11-8-17(14-23)22-12-9-21-10-13-22;/h4-7,16-17,21H,3,8-15H2,1-2H3;1H. The van der Waals surface area contributed by atoms with E-state index < -0.39 is 0 Å². The Morgan fingerprint density at radius 1 is 1.27 bits per heavy atom. The first-order chi connectivity index (χ1) is 12.2. The molecule has 0 aliphatic carbocycles. The highest BCUT2D eigenvalue weighted by atomic mass is 35.5. The largest absolute Gasteiger partial charge is 0.483 e. The van der Waals surface area contributed by atoms with Crippen LogP contribution in [0.5, 0.6) is 5.75 Å². The van der Waals surface area contributed by atoms with Crippen molar-refractivity contribution in [2.75, 3.05) is 45.9 Å². The van der Waals surface area contributed by atoms with Crippen molar-refractivity contribution in [2.24, 2.45) is 0 Å². The fourth-order valence-electron chi connectivity index (χ4n) is 3.78. The number of ether oxygens (including phenoxy) is 1. The molecule has 2 heterocycles. The molecule has 0 aromatic heterocycles. The van der Waals surface area contributed by atoms with Gasteiger partial charge >= 0.3 is 0 Å². The first-order valence-corrected chi connectivity index (χ1v) is 9.63. The fraction of sp³-hybridized carbons (Fsp3) is 0.650. The number of nitrogens with zero attached hydrogens (tertiary/aromatic N) is 2. The number of para-hydroxylation sites is 1. The molecule has 1 N–H and O–H groups in total. The van der Waals surface area contributed by atoms with Crippen molar-refractivity contribution in [3.63, 3.8) is 0 Å². The van der Waals surface area contributed by atoms with E-state index in [2.05, 4.69) is 30.1 Å². The number of piperazine rings is 1. The third kappa shape index (κ3) is 5.12. The van der Waals surface area contributed by atoms with E-state index in [4.69, 9.17) is 4.74 Å². The van der Waals surface area contributed by atoms with Crippen LogP contribution in [-0.4, -0.2) is 67.6 Å². The van der Waals surface area contributed by atoms with Crippen LogP contribution in [0.3, 0.4) is 0 Å². The molecule has 1 aromatic rings. The minimum Gasteiger partial charge on any atom is -0.483 e. The maximum atomic E-state index is 12.6. The third-order valence-corrected chi connectivity index (χ3v) is 5.60. The second-order valence-electron chi connectivity index (χ2n) is 7.20. The molecular formula is C20H32ClN3O2. The van der Waals surface area contributed by atoms with Gasteiger partial charge in [-0.3, -0.25) is 9.69 Å². The van der Waals surface area contributed by atoms with Crippen LogP contribution in [0.1, 0.15) is 38.2 Å². The van der Waals surface area contributed by atoms with Gasteiger partial charge in [0.15, 0.2) is 6.61 Å². The predicted octanol–water partition coefficient (Wildman–Crippen LogP) is 2.51. The second kappa shape index (κ2) is 10.1. The molecule has 0 spiro atoms. The maximum absolute atomic E-state index is 12.6. The Kier molecular flexibility index (Phi) is 8.19. The molecule has 26 heavy (non-hydrogen) atoms. The maximum Gasteiger partial charge on any atom is 0.260 e. The number of benzene rings is 1. The van der Waals surface area contributed by atoms with Gasteiger partial charge in [-0.05, 0) is 30.4 Å². The number of amides is 1. The SMILES string of the molecule is CCC(C)c1ccccc1OCC(=O)N1CCC(N2CCNCC2)C1.Cl. The van der Waals surface area contributed by atoms with Gasteiger partial charge in [0.2, 0.25) is 0 Å². The number of carbonyl (C=O) groups excluding carboxylic acids is 1. The van der Waals surface area contributed by atoms with Gasteiger partial charge in [-0.15, -0.1) is 12.4 Å². The lowest BCUT2D eigenvalue weighted by atomic mass is 9.98. The van der Waals surface area contributed by atoms with Crippen molar-refractivity contribution in [1.29, 1.82) is 0 Å². The van der Waals surface area contributed by atoms with Gasteiger partial charge in [-0.1, -0.05) is 32.0 Å². The van der Waals surface area contributed by atoms with E-state index in [-0.39, 0.29) is 24.9 Å². The van der Waals surface area contributed by atoms with E-state index in [0.29, 0.717) is 12.0 Å². The smallest absolute Gasteiger partial charge is 0.260 e. The van der Waals surface area contributed by atoms with Gasteiger partial charge in [-0.25, -0.2) is 0 Å².